The van der Waals surface area contributed by atoms with Crippen molar-refractivity contribution in [2.75, 3.05) is 46.4 Å². The Balaban J connectivity index is 1.40. The molecule has 2 aromatic rings. The number of nitrogens with zero attached hydrogens (tertiary/aromatic N) is 5. The molecule has 7 nitrogen and oxygen atoms in total. The van der Waals surface area contributed by atoms with Crippen LogP contribution in [0.3, 0.4) is 0 Å². The highest BCUT2D eigenvalue weighted by atomic mass is 16.5. The van der Waals surface area contributed by atoms with Crippen molar-refractivity contribution in [3.05, 3.63) is 47.3 Å². The van der Waals surface area contributed by atoms with Crippen LogP contribution in [0.25, 0.3) is 5.69 Å². The molecular weight excluding hydrogens is 364 g/mol. The molecule has 1 N–H and O–H groups in total. The van der Waals surface area contributed by atoms with Gasteiger partial charge in [0.1, 0.15) is 0 Å². The van der Waals surface area contributed by atoms with Gasteiger partial charge >= 0.3 is 0 Å². The summed E-state index contributed by atoms with van der Waals surface area (Å²) >= 11 is 0. The normalized spacial score (nSPS) is 21.0. The second kappa shape index (κ2) is 8.97. The smallest absolute Gasteiger partial charge is 0.193 e. The number of para-hydroxylation sites is 1. The summed E-state index contributed by atoms with van der Waals surface area (Å²) in [6, 6.07) is 10.9. The summed E-state index contributed by atoms with van der Waals surface area (Å²) in [5, 5.41) is 8.34. The first-order valence-electron chi connectivity index (χ1n) is 10.5. The van der Waals surface area contributed by atoms with Gasteiger partial charge < -0.3 is 15.0 Å². The molecule has 1 aromatic carbocycles. The molecule has 29 heavy (non-hydrogen) atoms. The molecular formula is C22H32N6O. The zero-order chi connectivity index (χ0) is 20.2. The fourth-order valence-corrected chi connectivity index (χ4v) is 4.43. The average molecular weight is 397 g/mol. The highest BCUT2D eigenvalue weighted by Gasteiger charge is 2.30. The zero-order valence-corrected chi connectivity index (χ0v) is 17.8. The van der Waals surface area contributed by atoms with Gasteiger partial charge in [-0.3, -0.25) is 9.89 Å². The number of hydrogen-bond donors (Lipinski definition) is 1. The number of guanidine groups is 1. The van der Waals surface area contributed by atoms with Crippen LogP contribution in [0.4, 0.5) is 0 Å². The average Bonchev–Trinajstić information content (AvgIpc) is 3.36. The molecule has 3 heterocycles. The standard InChI is InChI=1S/C22H32N6O/c1-17-21(18(2)28(25-17)19-7-5-4-6-8-19)15-24-22(23-3)27-10-9-20(16-27)26-11-13-29-14-12-26/h4-8,20H,9-16H2,1-3H3,(H,23,24). The maximum atomic E-state index is 5.50. The number of hydrogen-bond acceptors (Lipinski definition) is 4. The van der Waals surface area contributed by atoms with E-state index in [9.17, 15) is 0 Å². The third-order valence-corrected chi connectivity index (χ3v) is 6.10. The van der Waals surface area contributed by atoms with Gasteiger partial charge in [0.15, 0.2) is 5.96 Å². The maximum absolute atomic E-state index is 5.50. The Kier molecular flexibility index (Phi) is 6.16. The van der Waals surface area contributed by atoms with Gasteiger partial charge in [-0.25, -0.2) is 4.68 Å². The number of benzene rings is 1. The summed E-state index contributed by atoms with van der Waals surface area (Å²) in [5.41, 5.74) is 4.56. The Bertz CT molecular complexity index is 840. The molecule has 0 radical (unpaired) electrons. The lowest BCUT2D eigenvalue weighted by Gasteiger charge is -2.32. The van der Waals surface area contributed by atoms with E-state index < -0.39 is 0 Å². The molecule has 0 bridgehead atoms. The molecule has 2 fully saturated rings. The number of aryl methyl sites for hydroxylation is 1. The van der Waals surface area contributed by atoms with E-state index in [2.05, 4.69) is 46.1 Å². The number of rotatable bonds is 4. The number of morpholine rings is 1. The van der Waals surface area contributed by atoms with E-state index in [0.29, 0.717) is 6.04 Å². The third-order valence-electron chi connectivity index (χ3n) is 6.10. The monoisotopic (exact) mass is 396 g/mol. The van der Waals surface area contributed by atoms with Crippen molar-refractivity contribution >= 4 is 5.96 Å². The van der Waals surface area contributed by atoms with E-state index in [1.807, 2.05) is 29.9 Å². The van der Waals surface area contributed by atoms with Crippen molar-refractivity contribution < 1.29 is 4.74 Å². The number of likely N-dealkylation sites (tertiary alicyclic amines) is 1. The number of ether oxygens (including phenoxy) is 1. The summed E-state index contributed by atoms with van der Waals surface area (Å²) in [6.07, 6.45) is 1.19. The topological polar surface area (TPSA) is 57.9 Å². The van der Waals surface area contributed by atoms with Crippen LogP contribution in [0.2, 0.25) is 0 Å². The Hall–Kier alpha value is -2.38. The summed E-state index contributed by atoms with van der Waals surface area (Å²) < 4.78 is 7.53. The van der Waals surface area contributed by atoms with E-state index in [4.69, 9.17) is 9.84 Å². The van der Waals surface area contributed by atoms with Crippen molar-refractivity contribution in [2.45, 2.75) is 32.9 Å². The highest BCUT2D eigenvalue weighted by molar-refractivity contribution is 5.80. The van der Waals surface area contributed by atoms with Crippen molar-refractivity contribution in [3.63, 3.8) is 0 Å². The lowest BCUT2D eigenvalue weighted by Crippen LogP contribution is -2.46. The predicted molar refractivity (Wildman–Crippen MR) is 116 cm³/mol. The predicted octanol–water partition coefficient (Wildman–Crippen LogP) is 1.97. The molecule has 0 spiro atoms. The lowest BCUT2D eigenvalue weighted by molar-refractivity contribution is 0.0195. The summed E-state index contributed by atoms with van der Waals surface area (Å²) in [7, 11) is 1.87. The molecule has 2 aliphatic rings. The minimum atomic E-state index is 0.599. The van der Waals surface area contributed by atoms with E-state index in [-0.39, 0.29) is 0 Å². The van der Waals surface area contributed by atoms with E-state index in [1.54, 1.807) is 0 Å². The second-order valence-electron chi connectivity index (χ2n) is 7.83. The molecule has 1 unspecified atom stereocenters. The molecule has 0 aliphatic carbocycles. The molecule has 1 atom stereocenters. The van der Waals surface area contributed by atoms with Crippen LogP contribution < -0.4 is 5.32 Å². The Morgan fingerprint density at radius 1 is 1.17 bits per heavy atom. The first kappa shape index (κ1) is 19.9. The van der Waals surface area contributed by atoms with E-state index in [1.165, 1.54) is 17.7 Å². The third kappa shape index (κ3) is 4.31. The Labute approximate surface area is 173 Å². The van der Waals surface area contributed by atoms with Crippen molar-refractivity contribution in [2.24, 2.45) is 4.99 Å². The van der Waals surface area contributed by atoms with Crippen LogP contribution in [0.5, 0.6) is 0 Å². The number of aliphatic imine (C=N–C) groups is 1. The minimum Gasteiger partial charge on any atom is -0.379 e. The van der Waals surface area contributed by atoms with E-state index >= 15 is 0 Å². The molecule has 7 heteroatoms. The summed E-state index contributed by atoms with van der Waals surface area (Å²) in [5.74, 6) is 0.979. The van der Waals surface area contributed by atoms with Crippen LogP contribution in [0.15, 0.2) is 35.3 Å². The van der Waals surface area contributed by atoms with E-state index in [0.717, 1.165) is 63.3 Å². The Morgan fingerprint density at radius 3 is 2.66 bits per heavy atom. The maximum Gasteiger partial charge on any atom is 0.193 e. The van der Waals surface area contributed by atoms with Crippen LogP contribution in [-0.2, 0) is 11.3 Å². The van der Waals surface area contributed by atoms with Gasteiger partial charge in [-0.05, 0) is 32.4 Å². The Morgan fingerprint density at radius 2 is 1.93 bits per heavy atom. The summed E-state index contributed by atoms with van der Waals surface area (Å²) in [6.45, 7) is 10.8. The second-order valence-corrected chi connectivity index (χ2v) is 7.83. The van der Waals surface area contributed by atoms with Crippen LogP contribution in [0, 0.1) is 13.8 Å². The van der Waals surface area contributed by atoms with Gasteiger partial charge in [0.05, 0.1) is 24.6 Å². The first-order valence-corrected chi connectivity index (χ1v) is 10.5. The van der Waals surface area contributed by atoms with Gasteiger partial charge in [-0.15, -0.1) is 0 Å². The van der Waals surface area contributed by atoms with Gasteiger partial charge in [-0.1, -0.05) is 18.2 Å². The summed E-state index contributed by atoms with van der Waals surface area (Å²) in [4.78, 5) is 9.50. The van der Waals surface area contributed by atoms with Crippen molar-refractivity contribution in [1.29, 1.82) is 0 Å². The SMILES string of the molecule is CN=C(NCc1c(C)nn(-c2ccccc2)c1C)N1CCC(N2CCOCC2)C1. The van der Waals surface area contributed by atoms with Gasteiger partial charge in [0, 0.05) is 57.1 Å². The van der Waals surface area contributed by atoms with Gasteiger partial charge in [-0.2, -0.15) is 5.10 Å². The number of nitrogens with one attached hydrogen (secondary N) is 1. The first-order chi connectivity index (χ1) is 14.2. The molecule has 2 saturated heterocycles. The molecule has 156 valence electrons. The van der Waals surface area contributed by atoms with Crippen LogP contribution in [0.1, 0.15) is 23.4 Å². The van der Waals surface area contributed by atoms with Gasteiger partial charge in [0.2, 0.25) is 0 Å². The fraction of sp³-hybridized carbons (Fsp3) is 0.545. The quantitative estimate of drug-likeness (QED) is 0.633. The lowest BCUT2D eigenvalue weighted by atomic mass is 10.2. The minimum absolute atomic E-state index is 0.599. The van der Waals surface area contributed by atoms with Crippen LogP contribution >= 0.6 is 0 Å². The molecule has 1 aromatic heterocycles. The molecule has 0 saturated carbocycles. The van der Waals surface area contributed by atoms with Crippen molar-refractivity contribution in [3.8, 4) is 5.69 Å². The van der Waals surface area contributed by atoms with Crippen molar-refractivity contribution in [1.82, 2.24) is 24.9 Å². The largest absolute Gasteiger partial charge is 0.379 e. The fourth-order valence-electron chi connectivity index (χ4n) is 4.43. The van der Waals surface area contributed by atoms with Gasteiger partial charge in [0.25, 0.3) is 0 Å². The molecule has 2 aliphatic heterocycles. The zero-order valence-electron chi connectivity index (χ0n) is 17.8. The highest BCUT2D eigenvalue weighted by Crippen LogP contribution is 2.19. The molecule has 0 amide bonds. The van der Waals surface area contributed by atoms with Crippen LogP contribution in [-0.4, -0.2) is 78.0 Å². The molecule has 4 rings (SSSR count). The number of aromatic nitrogens is 2.